The van der Waals surface area contributed by atoms with Gasteiger partial charge in [-0.2, -0.15) is 0 Å². The molecule has 2 atom stereocenters. The lowest BCUT2D eigenvalue weighted by Crippen LogP contribution is -2.36. The van der Waals surface area contributed by atoms with Gasteiger partial charge in [0, 0.05) is 12.7 Å². The number of carbonyl (C=O) groups excluding carboxylic acids is 1. The van der Waals surface area contributed by atoms with Crippen LogP contribution in [0.2, 0.25) is 0 Å². The molecule has 0 aromatic rings. The van der Waals surface area contributed by atoms with E-state index >= 15 is 0 Å². The van der Waals surface area contributed by atoms with Gasteiger partial charge in [-0.05, 0) is 12.5 Å². The van der Waals surface area contributed by atoms with Gasteiger partial charge in [0.1, 0.15) is 6.10 Å². The molecule has 0 spiro atoms. The van der Waals surface area contributed by atoms with Crippen LogP contribution in [0.3, 0.4) is 0 Å². The van der Waals surface area contributed by atoms with Crippen molar-refractivity contribution >= 4 is 5.97 Å². The number of aliphatic hydroxyl groups is 1. The molecule has 14 heavy (non-hydrogen) atoms. The van der Waals surface area contributed by atoms with Gasteiger partial charge in [0.05, 0.1) is 6.61 Å². The summed E-state index contributed by atoms with van der Waals surface area (Å²) in [7, 11) is 0. The molecular weight excluding hydrogens is 184 g/mol. The highest BCUT2D eigenvalue weighted by molar-refractivity contribution is 5.83. The number of carbonyl (C=O) groups is 1. The second-order valence-electron chi connectivity index (χ2n) is 3.25. The number of aliphatic hydroxyl groups excluding tert-OH is 1. The Bertz CT molecular complexity index is 212. The van der Waals surface area contributed by atoms with E-state index in [9.17, 15) is 9.90 Å². The van der Waals surface area contributed by atoms with Crippen molar-refractivity contribution in [3.8, 4) is 0 Å². The normalized spacial score (nSPS) is 26.3. The van der Waals surface area contributed by atoms with Gasteiger partial charge < -0.3 is 14.6 Å². The Morgan fingerprint density at radius 3 is 3.14 bits per heavy atom. The average molecular weight is 200 g/mol. The molecule has 1 aliphatic rings. The van der Waals surface area contributed by atoms with Crippen LogP contribution in [0.5, 0.6) is 0 Å². The fourth-order valence-electron chi connectivity index (χ4n) is 1.14. The first-order chi connectivity index (χ1) is 6.74. The number of rotatable bonds is 5. The number of cyclic esters (lactones) is 1. The van der Waals surface area contributed by atoms with Crippen LogP contribution in [0.15, 0.2) is 12.2 Å². The van der Waals surface area contributed by atoms with Crippen LogP contribution in [0.25, 0.3) is 0 Å². The molecular formula is C10H16O4. The molecule has 0 aromatic carbocycles. The van der Waals surface area contributed by atoms with Crippen molar-refractivity contribution in [2.75, 3.05) is 13.2 Å². The third-order valence-corrected chi connectivity index (χ3v) is 2.00. The zero-order chi connectivity index (χ0) is 10.4. The summed E-state index contributed by atoms with van der Waals surface area (Å²) in [5.74, 6) is -0.417. The molecule has 1 heterocycles. The predicted molar refractivity (Wildman–Crippen MR) is 50.8 cm³/mol. The Hall–Kier alpha value is -0.870. The molecule has 0 fully saturated rings. The smallest absolute Gasteiger partial charge is 0.330 e. The van der Waals surface area contributed by atoms with E-state index in [1.807, 2.05) is 0 Å². The highest BCUT2D eigenvalue weighted by atomic mass is 16.6. The summed E-state index contributed by atoms with van der Waals surface area (Å²) in [6, 6.07) is 0. The molecule has 0 aromatic heterocycles. The minimum Gasteiger partial charge on any atom is -0.454 e. The van der Waals surface area contributed by atoms with Crippen LogP contribution in [0.1, 0.15) is 19.8 Å². The third kappa shape index (κ3) is 3.47. The molecule has 1 aliphatic heterocycles. The van der Waals surface area contributed by atoms with Crippen LogP contribution in [-0.4, -0.2) is 36.5 Å². The van der Waals surface area contributed by atoms with Crippen LogP contribution in [0.4, 0.5) is 0 Å². The molecule has 80 valence electrons. The highest BCUT2D eigenvalue weighted by Gasteiger charge is 2.24. The summed E-state index contributed by atoms with van der Waals surface area (Å²) in [6.45, 7) is 2.97. The van der Waals surface area contributed by atoms with Gasteiger partial charge >= 0.3 is 5.97 Å². The Kier molecular flexibility index (Phi) is 4.62. The van der Waals surface area contributed by atoms with E-state index < -0.39 is 18.2 Å². The van der Waals surface area contributed by atoms with Crippen LogP contribution in [-0.2, 0) is 14.3 Å². The van der Waals surface area contributed by atoms with Gasteiger partial charge in [-0.3, -0.25) is 0 Å². The van der Waals surface area contributed by atoms with Crippen molar-refractivity contribution in [3.63, 3.8) is 0 Å². The summed E-state index contributed by atoms with van der Waals surface area (Å²) in [5, 5.41) is 9.40. The first kappa shape index (κ1) is 11.2. The summed E-state index contributed by atoms with van der Waals surface area (Å²) >= 11 is 0. The third-order valence-electron chi connectivity index (χ3n) is 2.00. The van der Waals surface area contributed by atoms with Crippen LogP contribution >= 0.6 is 0 Å². The van der Waals surface area contributed by atoms with Gasteiger partial charge in [0.15, 0.2) is 6.10 Å². The monoisotopic (exact) mass is 200 g/mol. The molecule has 0 saturated heterocycles. The molecule has 0 aliphatic carbocycles. The lowest BCUT2D eigenvalue weighted by atomic mass is 10.1. The Labute approximate surface area is 83.5 Å². The predicted octanol–water partition coefficient (Wildman–Crippen LogP) is 0.646. The first-order valence-corrected chi connectivity index (χ1v) is 4.88. The lowest BCUT2D eigenvalue weighted by molar-refractivity contribution is -0.154. The molecule has 0 radical (unpaired) electrons. The molecule has 4 heteroatoms. The number of hydrogen-bond donors (Lipinski definition) is 1. The topological polar surface area (TPSA) is 55.8 Å². The molecule has 0 bridgehead atoms. The number of esters is 1. The van der Waals surface area contributed by atoms with Gasteiger partial charge in [0.2, 0.25) is 0 Å². The molecule has 4 nitrogen and oxygen atoms in total. The SMILES string of the molecule is CCCCOC[C@H]1OC(=O)C=C[C@@H]1O. The Morgan fingerprint density at radius 1 is 1.64 bits per heavy atom. The van der Waals surface area contributed by atoms with E-state index in [1.165, 1.54) is 12.2 Å². The molecule has 0 saturated carbocycles. The largest absolute Gasteiger partial charge is 0.454 e. The summed E-state index contributed by atoms with van der Waals surface area (Å²) in [6.07, 6.45) is 3.41. The lowest BCUT2D eigenvalue weighted by Gasteiger charge is -2.23. The molecule has 0 amide bonds. The van der Waals surface area contributed by atoms with E-state index in [0.717, 1.165) is 12.8 Å². The first-order valence-electron chi connectivity index (χ1n) is 4.88. The van der Waals surface area contributed by atoms with E-state index in [0.29, 0.717) is 6.61 Å². The van der Waals surface area contributed by atoms with E-state index in [1.54, 1.807) is 0 Å². The van der Waals surface area contributed by atoms with Crippen molar-refractivity contribution < 1.29 is 19.4 Å². The summed E-state index contributed by atoms with van der Waals surface area (Å²) < 4.78 is 10.1. The minimum atomic E-state index is -0.741. The average Bonchev–Trinajstić information content (AvgIpc) is 2.18. The van der Waals surface area contributed by atoms with Crippen molar-refractivity contribution in [2.45, 2.75) is 32.0 Å². The van der Waals surface area contributed by atoms with Gasteiger partial charge in [-0.15, -0.1) is 0 Å². The zero-order valence-corrected chi connectivity index (χ0v) is 8.31. The van der Waals surface area contributed by atoms with Crippen LogP contribution < -0.4 is 0 Å². The Morgan fingerprint density at radius 2 is 2.43 bits per heavy atom. The van der Waals surface area contributed by atoms with Crippen LogP contribution in [0, 0.1) is 0 Å². The quantitative estimate of drug-likeness (QED) is 0.523. The van der Waals surface area contributed by atoms with Crippen molar-refractivity contribution in [3.05, 3.63) is 12.2 Å². The van der Waals surface area contributed by atoms with E-state index in [4.69, 9.17) is 9.47 Å². The summed E-state index contributed by atoms with van der Waals surface area (Å²) in [4.78, 5) is 10.8. The number of unbranched alkanes of at least 4 members (excludes halogenated alkanes) is 1. The maximum Gasteiger partial charge on any atom is 0.330 e. The maximum atomic E-state index is 10.8. The highest BCUT2D eigenvalue weighted by Crippen LogP contribution is 2.09. The Balaban J connectivity index is 2.23. The second-order valence-corrected chi connectivity index (χ2v) is 3.25. The second kappa shape index (κ2) is 5.78. The van der Waals surface area contributed by atoms with Gasteiger partial charge in [-0.1, -0.05) is 13.3 Å². The van der Waals surface area contributed by atoms with Crippen molar-refractivity contribution in [2.24, 2.45) is 0 Å². The fraction of sp³-hybridized carbons (Fsp3) is 0.700. The zero-order valence-electron chi connectivity index (χ0n) is 8.31. The van der Waals surface area contributed by atoms with E-state index in [-0.39, 0.29) is 6.61 Å². The fourth-order valence-corrected chi connectivity index (χ4v) is 1.14. The molecule has 0 unspecified atom stereocenters. The number of ether oxygens (including phenoxy) is 2. The van der Waals surface area contributed by atoms with Gasteiger partial charge in [0.25, 0.3) is 0 Å². The molecule has 1 rings (SSSR count). The number of hydrogen-bond acceptors (Lipinski definition) is 4. The van der Waals surface area contributed by atoms with E-state index in [2.05, 4.69) is 6.92 Å². The summed E-state index contributed by atoms with van der Waals surface area (Å²) in [5.41, 5.74) is 0. The minimum absolute atomic E-state index is 0.261. The standard InChI is InChI=1S/C10H16O4/c1-2-3-6-13-7-9-8(11)4-5-10(12)14-9/h4-5,8-9,11H,2-3,6-7H2,1H3/t8-,9+/m0/s1. The van der Waals surface area contributed by atoms with Crippen molar-refractivity contribution in [1.82, 2.24) is 0 Å². The van der Waals surface area contributed by atoms with Gasteiger partial charge in [-0.25, -0.2) is 4.79 Å². The maximum absolute atomic E-state index is 10.8. The van der Waals surface area contributed by atoms with Crippen molar-refractivity contribution in [1.29, 1.82) is 0 Å². The molecule has 1 N–H and O–H groups in total.